The van der Waals surface area contributed by atoms with Crippen molar-refractivity contribution >= 4 is 23.6 Å². The maximum Gasteiger partial charge on any atom is 0.146 e. The van der Waals surface area contributed by atoms with E-state index in [-0.39, 0.29) is 40.3 Å². The Hall–Kier alpha value is -3.20. The molecule has 9 heteroatoms. The van der Waals surface area contributed by atoms with Gasteiger partial charge in [-0.1, -0.05) is 13.8 Å². The Balaban J connectivity index is 2.38. The van der Waals surface area contributed by atoms with Crippen LogP contribution in [0, 0.1) is 28.4 Å². The molecular formula is C21H27F2N7. The number of aliphatic imine (C=N–C) groups is 2. The van der Waals surface area contributed by atoms with Crippen molar-refractivity contribution in [2.75, 3.05) is 13.1 Å². The fraction of sp³-hybridized carbons (Fsp3) is 0.333. The highest BCUT2D eigenvalue weighted by molar-refractivity contribution is 6.23. The molecule has 160 valence electrons. The Morgan fingerprint density at radius 3 is 2.57 bits per heavy atom. The minimum Gasteiger partial charge on any atom is -0.398 e. The van der Waals surface area contributed by atoms with Crippen LogP contribution >= 0.6 is 0 Å². The van der Waals surface area contributed by atoms with Gasteiger partial charge in [-0.15, -0.1) is 0 Å². The minimum absolute atomic E-state index is 0.0102. The summed E-state index contributed by atoms with van der Waals surface area (Å²) in [6, 6.07) is 3.00. The molecule has 0 aromatic heterocycles. The summed E-state index contributed by atoms with van der Waals surface area (Å²) in [6.45, 7) is 5.25. The van der Waals surface area contributed by atoms with Gasteiger partial charge in [0.15, 0.2) is 0 Å². The summed E-state index contributed by atoms with van der Waals surface area (Å²) in [5.74, 6) is -1.41. The lowest BCUT2D eigenvalue weighted by Crippen LogP contribution is -2.20. The number of nitrogens with one attached hydrogen (secondary N) is 3. The Bertz CT molecular complexity index is 923. The van der Waals surface area contributed by atoms with Crippen molar-refractivity contribution in [3.8, 4) is 0 Å². The van der Waals surface area contributed by atoms with Crippen LogP contribution in [0.4, 0.5) is 8.78 Å². The molecule has 1 aliphatic heterocycles. The Morgan fingerprint density at radius 2 is 1.97 bits per heavy atom. The second kappa shape index (κ2) is 10.5. The molecule has 2 rings (SSSR count). The minimum atomic E-state index is -0.868. The lowest BCUT2D eigenvalue weighted by Gasteiger charge is -2.10. The average molecular weight is 415 g/mol. The zero-order valence-electron chi connectivity index (χ0n) is 17.0. The Kier molecular flexibility index (Phi) is 8.11. The van der Waals surface area contributed by atoms with Gasteiger partial charge in [-0.2, -0.15) is 0 Å². The van der Waals surface area contributed by atoms with Gasteiger partial charge < -0.3 is 16.8 Å². The van der Waals surface area contributed by atoms with Crippen LogP contribution in [0.25, 0.3) is 0 Å². The summed E-state index contributed by atoms with van der Waals surface area (Å²) >= 11 is 0. The fourth-order valence-corrected chi connectivity index (χ4v) is 2.63. The molecule has 1 saturated heterocycles. The molecule has 1 heterocycles. The van der Waals surface area contributed by atoms with Crippen LogP contribution in [0.15, 0.2) is 51.6 Å². The lowest BCUT2D eigenvalue weighted by atomic mass is 10.0. The molecule has 0 bridgehead atoms. The standard InChI is InChI=1S/C21H27F2N7/c1-12(2)21(27)30-19(25)6-5-18(24)16(11-29-14-7-8-28-10-14)20(26)15-4-3-13(22)9-17(15)23/h3-6,9,11-12,14,26,28H,7-8,10,24H2,1-2H3,(H3,25,27,30)/b6-5-,18-16+,26-20?,29-11?. The van der Waals surface area contributed by atoms with E-state index in [0.717, 1.165) is 19.0 Å². The van der Waals surface area contributed by atoms with E-state index in [4.69, 9.17) is 22.3 Å². The third-order valence-electron chi connectivity index (χ3n) is 4.49. The topological polar surface area (TPSA) is 136 Å². The molecule has 7 N–H and O–H groups in total. The van der Waals surface area contributed by atoms with Crippen LogP contribution < -0.4 is 16.8 Å². The van der Waals surface area contributed by atoms with Crippen molar-refractivity contribution in [2.24, 2.45) is 27.4 Å². The monoisotopic (exact) mass is 415 g/mol. The second-order valence-electron chi connectivity index (χ2n) is 7.20. The van der Waals surface area contributed by atoms with Crippen molar-refractivity contribution < 1.29 is 8.78 Å². The van der Waals surface area contributed by atoms with Gasteiger partial charge in [-0.05, 0) is 37.3 Å². The number of amidine groups is 2. The molecule has 0 spiro atoms. The van der Waals surface area contributed by atoms with Gasteiger partial charge in [0.25, 0.3) is 0 Å². The van der Waals surface area contributed by atoms with Gasteiger partial charge in [0.2, 0.25) is 0 Å². The van der Waals surface area contributed by atoms with E-state index in [0.29, 0.717) is 18.4 Å². The smallest absolute Gasteiger partial charge is 0.146 e. The second-order valence-corrected chi connectivity index (χ2v) is 7.20. The van der Waals surface area contributed by atoms with Crippen LogP contribution in [0.5, 0.6) is 0 Å². The van der Waals surface area contributed by atoms with Gasteiger partial charge in [-0.25, -0.2) is 13.8 Å². The lowest BCUT2D eigenvalue weighted by molar-refractivity contribution is 0.582. The first-order valence-corrected chi connectivity index (χ1v) is 9.57. The number of nitrogens with two attached hydrogens (primary N) is 2. The highest BCUT2D eigenvalue weighted by Gasteiger charge is 2.17. The summed E-state index contributed by atoms with van der Waals surface area (Å²) in [6.07, 6.45) is 5.00. The van der Waals surface area contributed by atoms with Crippen LogP contribution in [0.3, 0.4) is 0 Å². The molecule has 0 amide bonds. The first-order chi connectivity index (χ1) is 14.2. The van der Waals surface area contributed by atoms with Crippen molar-refractivity contribution in [2.45, 2.75) is 26.3 Å². The van der Waals surface area contributed by atoms with E-state index in [2.05, 4.69) is 15.3 Å². The predicted molar refractivity (Wildman–Crippen MR) is 117 cm³/mol. The van der Waals surface area contributed by atoms with Crippen molar-refractivity contribution in [3.05, 3.63) is 58.8 Å². The fourth-order valence-electron chi connectivity index (χ4n) is 2.63. The maximum atomic E-state index is 14.2. The summed E-state index contributed by atoms with van der Waals surface area (Å²) in [4.78, 5) is 8.40. The van der Waals surface area contributed by atoms with Crippen LogP contribution in [0.2, 0.25) is 0 Å². The molecule has 0 aliphatic carbocycles. The molecule has 1 unspecified atom stereocenters. The predicted octanol–water partition coefficient (Wildman–Crippen LogP) is 2.52. The molecule has 1 fully saturated rings. The van der Waals surface area contributed by atoms with Gasteiger partial charge in [0.05, 0.1) is 11.8 Å². The largest absolute Gasteiger partial charge is 0.398 e. The van der Waals surface area contributed by atoms with Gasteiger partial charge in [0, 0.05) is 41.6 Å². The molecule has 1 aliphatic rings. The van der Waals surface area contributed by atoms with Crippen LogP contribution in [-0.4, -0.2) is 42.7 Å². The SMILES string of the molecule is CC(C)C(N)=NC(=N)/C=C\C(N)=C(\C=NC1CCNC1)C(=N)c1ccc(F)cc1F. The van der Waals surface area contributed by atoms with Crippen molar-refractivity contribution in [3.63, 3.8) is 0 Å². The summed E-state index contributed by atoms with van der Waals surface area (Å²) in [5.41, 5.74) is 11.8. The summed E-state index contributed by atoms with van der Waals surface area (Å²) in [7, 11) is 0. The molecule has 1 aromatic rings. The number of hydrogen-bond donors (Lipinski definition) is 5. The first kappa shape index (κ1) is 23.1. The quantitative estimate of drug-likeness (QED) is 0.266. The number of benzene rings is 1. The molecule has 0 radical (unpaired) electrons. The Morgan fingerprint density at radius 1 is 1.23 bits per heavy atom. The molecule has 1 atom stereocenters. The Labute approximate surface area is 174 Å². The first-order valence-electron chi connectivity index (χ1n) is 9.57. The molecule has 7 nitrogen and oxygen atoms in total. The van der Waals surface area contributed by atoms with E-state index in [1.807, 2.05) is 13.8 Å². The molecule has 1 aromatic carbocycles. The van der Waals surface area contributed by atoms with Crippen LogP contribution in [-0.2, 0) is 0 Å². The highest BCUT2D eigenvalue weighted by atomic mass is 19.1. The van der Waals surface area contributed by atoms with Crippen LogP contribution in [0.1, 0.15) is 25.8 Å². The third-order valence-corrected chi connectivity index (χ3v) is 4.49. The molecular weight excluding hydrogens is 388 g/mol. The zero-order chi connectivity index (χ0) is 22.3. The van der Waals surface area contributed by atoms with E-state index in [9.17, 15) is 8.78 Å². The van der Waals surface area contributed by atoms with E-state index in [1.165, 1.54) is 24.4 Å². The summed E-state index contributed by atoms with van der Waals surface area (Å²) in [5, 5.41) is 19.5. The maximum absolute atomic E-state index is 14.2. The summed E-state index contributed by atoms with van der Waals surface area (Å²) < 4.78 is 27.5. The zero-order valence-corrected chi connectivity index (χ0v) is 17.0. The number of nitrogens with zero attached hydrogens (tertiary/aromatic N) is 2. The van der Waals surface area contributed by atoms with E-state index in [1.54, 1.807) is 0 Å². The van der Waals surface area contributed by atoms with E-state index >= 15 is 0 Å². The van der Waals surface area contributed by atoms with Crippen molar-refractivity contribution in [1.82, 2.24) is 5.32 Å². The molecule has 0 saturated carbocycles. The number of halogens is 2. The third kappa shape index (κ3) is 6.41. The normalized spacial score (nSPS) is 18.4. The number of rotatable bonds is 7. The van der Waals surface area contributed by atoms with Gasteiger partial charge in [0.1, 0.15) is 23.3 Å². The highest BCUT2D eigenvalue weighted by Crippen LogP contribution is 2.16. The molecule has 30 heavy (non-hydrogen) atoms. The van der Waals surface area contributed by atoms with Crippen molar-refractivity contribution in [1.29, 1.82) is 10.8 Å². The number of hydrogen-bond acceptors (Lipinski definition) is 5. The number of allylic oxidation sites excluding steroid dienone is 2. The average Bonchev–Trinajstić information content (AvgIpc) is 3.19. The van der Waals surface area contributed by atoms with E-state index < -0.39 is 11.6 Å². The van der Waals surface area contributed by atoms with Gasteiger partial charge in [-0.3, -0.25) is 15.8 Å². The van der Waals surface area contributed by atoms with Gasteiger partial charge >= 0.3 is 0 Å².